The van der Waals surface area contributed by atoms with Gasteiger partial charge in [-0.25, -0.2) is 11.0 Å². The Morgan fingerprint density at radius 2 is 1.85 bits per heavy atom. The summed E-state index contributed by atoms with van der Waals surface area (Å²) in [6.07, 6.45) is 2.76. The maximum Gasteiger partial charge on any atom is 0.305 e. The Kier molecular flexibility index (Phi) is 7.52. The minimum Gasteiger partial charge on any atom is -0.487 e. The van der Waals surface area contributed by atoms with Crippen LogP contribution in [0.3, 0.4) is 0 Å². The average molecular weight is 524 g/mol. The van der Waals surface area contributed by atoms with Crippen molar-refractivity contribution in [2.45, 2.75) is 37.3 Å². The first-order chi connectivity index (χ1) is 19.0. The van der Waals surface area contributed by atoms with E-state index in [1.165, 1.54) is 19.2 Å². The third-order valence-corrected chi connectivity index (χ3v) is 8.10. The summed E-state index contributed by atoms with van der Waals surface area (Å²) < 4.78 is 25.6. The molecule has 198 valence electrons. The Labute approximate surface area is 228 Å². The van der Waals surface area contributed by atoms with Gasteiger partial charge in [-0.05, 0) is 79.4 Å². The Balaban J connectivity index is 1.37. The molecule has 0 radical (unpaired) electrons. The fourth-order valence-electron chi connectivity index (χ4n) is 6.11. The molecule has 0 bridgehead atoms. The van der Waals surface area contributed by atoms with Gasteiger partial charge >= 0.3 is 5.97 Å². The number of esters is 1. The number of anilines is 1. The number of nitrogens with zero attached hydrogens (tertiary/aromatic N) is 3. The van der Waals surface area contributed by atoms with Crippen molar-refractivity contribution in [2.24, 2.45) is 11.8 Å². The summed E-state index contributed by atoms with van der Waals surface area (Å²) in [5.41, 5.74) is 1.93. The van der Waals surface area contributed by atoms with E-state index in [2.05, 4.69) is 15.8 Å². The molecule has 1 heterocycles. The van der Waals surface area contributed by atoms with Crippen molar-refractivity contribution in [3.05, 3.63) is 107 Å². The lowest BCUT2D eigenvalue weighted by Gasteiger charge is -2.40. The summed E-state index contributed by atoms with van der Waals surface area (Å²) in [5.74, 6) is -0.160. The van der Waals surface area contributed by atoms with Crippen LogP contribution in [-0.4, -0.2) is 32.3 Å². The molecule has 2 fully saturated rings. The van der Waals surface area contributed by atoms with E-state index in [0.717, 1.165) is 43.6 Å². The summed E-state index contributed by atoms with van der Waals surface area (Å²) in [6.45, 7) is 9.88. The standard InChI is InChI=1S/C32H30FN3O3/c1-35-32(25-6-4-7-26(33)18-25,30-8-3-5-23(30)17-31(37)38-2)24-11-15-28(16-12-24)39-29-20-36(21-29)27-13-9-22(19-34)10-14-27/h4,6-7,9-16,18,23,29-30H,3,5,8,17,20-21H2,2H3/t23-,30+,32?/m1/s1. The molecule has 0 N–H and O–H groups in total. The number of benzene rings is 3. The lowest BCUT2D eigenvalue weighted by atomic mass is 9.68. The van der Waals surface area contributed by atoms with E-state index in [1.54, 1.807) is 6.07 Å². The first-order valence-corrected chi connectivity index (χ1v) is 13.2. The molecule has 1 saturated carbocycles. The smallest absolute Gasteiger partial charge is 0.305 e. The Hall–Kier alpha value is -4.36. The number of rotatable bonds is 8. The average Bonchev–Trinajstić information content (AvgIpc) is 3.40. The van der Waals surface area contributed by atoms with Gasteiger partial charge in [0.15, 0.2) is 0 Å². The summed E-state index contributed by atoms with van der Waals surface area (Å²) in [5, 5.41) is 8.99. The molecule has 39 heavy (non-hydrogen) atoms. The quantitative estimate of drug-likeness (QED) is 0.263. The molecular weight excluding hydrogens is 493 g/mol. The zero-order chi connectivity index (χ0) is 27.4. The van der Waals surface area contributed by atoms with Crippen LogP contribution in [0.4, 0.5) is 10.1 Å². The predicted molar refractivity (Wildman–Crippen MR) is 145 cm³/mol. The van der Waals surface area contributed by atoms with Crippen LogP contribution in [0.25, 0.3) is 4.85 Å². The highest BCUT2D eigenvalue weighted by Gasteiger charge is 2.54. The van der Waals surface area contributed by atoms with Crippen LogP contribution in [0.15, 0.2) is 72.8 Å². The summed E-state index contributed by atoms with van der Waals surface area (Å²) in [6, 6.07) is 23.5. The van der Waals surface area contributed by atoms with Crippen LogP contribution in [0.1, 0.15) is 42.4 Å². The second kappa shape index (κ2) is 11.2. The molecule has 1 aliphatic carbocycles. The van der Waals surface area contributed by atoms with Crippen LogP contribution in [0.5, 0.6) is 5.75 Å². The number of ether oxygens (including phenoxy) is 2. The van der Waals surface area contributed by atoms with Gasteiger partial charge in [0, 0.05) is 29.2 Å². The number of nitriles is 1. The van der Waals surface area contributed by atoms with Gasteiger partial charge in [0.25, 0.3) is 5.54 Å². The first kappa shape index (κ1) is 26.3. The lowest BCUT2D eigenvalue weighted by molar-refractivity contribution is -0.142. The van der Waals surface area contributed by atoms with E-state index in [0.29, 0.717) is 16.9 Å². The van der Waals surface area contributed by atoms with Crippen LogP contribution < -0.4 is 9.64 Å². The molecule has 1 saturated heterocycles. The van der Waals surface area contributed by atoms with Gasteiger partial charge < -0.3 is 14.4 Å². The molecule has 5 rings (SSSR count). The lowest BCUT2D eigenvalue weighted by Crippen LogP contribution is -2.54. The van der Waals surface area contributed by atoms with Crippen molar-refractivity contribution in [3.8, 4) is 11.8 Å². The molecule has 0 amide bonds. The third-order valence-electron chi connectivity index (χ3n) is 8.10. The number of halogens is 1. The Morgan fingerprint density at radius 3 is 2.49 bits per heavy atom. The maximum atomic E-state index is 14.4. The van der Waals surface area contributed by atoms with E-state index >= 15 is 0 Å². The highest BCUT2D eigenvalue weighted by Crippen LogP contribution is 2.52. The van der Waals surface area contributed by atoms with Crippen molar-refractivity contribution in [3.63, 3.8) is 0 Å². The Morgan fingerprint density at radius 1 is 1.10 bits per heavy atom. The third kappa shape index (κ3) is 5.18. The molecule has 2 aliphatic rings. The SMILES string of the molecule is [C-]#[N+]C(c1ccc(OC2CN(c3ccc(C#N)cc3)C2)cc1)(c1cccc(F)c1)[C@H]1CCC[C@@H]1CC(=O)OC. The zero-order valence-corrected chi connectivity index (χ0v) is 21.8. The van der Waals surface area contributed by atoms with Gasteiger partial charge in [-0.3, -0.25) is 9.64 Å². The molecule has 3 aromatic carbocycles. The number of carbonyl (C=O) groups is 1. The largest absolute Gasteiger partial charge is 0.487 e. The van der Waals surface area contributed by atoms with Gasteiger partial charge in [0.2, 0.25) is 0 Å². The second-order valence-electron chi connectivity index (χ2n) is 10.3. The number of carbonyl (C=O) groups excluding carboxylic acids is 1. The maximum absolute atomic E-state index is 14.4. The molecule has 6 nitrogen and oxygen atoms in total. The molecular formula is C32H30FN3O3. The van der Waals surface area contributed by atoms with Crippen LogP contribution in [0, 0.1) is 35.6 Å². The molecule has 0 aromatic heterocycles. The van der Waals surface area contributed by atoms with E-state index in [9.17, 15) is 9.18 Å². The monoisotopic (exact) mass is 523 g/mol. The van der Waals surface area contributed by atoms with Gasteiger partial charge in [0.1, 0.15) is 17.7 Å². The normalized spacial score (nSPS) is 20.3. The Bertz CT molecular complexity index is 1400. The summed E-state index contributed by atoms with van der Waals surface area (Å²) in [7, 11) is 1.38. The van der Waals surface area contributed by atoms with Crippen LogP contribution in [0.2, 0.25) is 0 Å². The minimum absolute atomic E-state index is 0.0274. The van der Waals surface area contributed by atoms with Crippen molar-refractivity contribution < 1.29 is 18.7 Å². The molecule has 3 aromatic rings. The highest BCUT2D eigenvalue weighted by molar-refractivity contribution is 5.69. The van der Waals surface area contributed by atoms with E-state index in [1.807, 2.05) is 54.6 Å². The van der Waals surface area contributed by atoms with Gasteiger partial charge in [-0.2, -0.15) is 5.26 Å². The molecule has 3 atom stereocenters. The first-order valence-electron chi connectivity index (χ1n) is 13.2. The van der Waals surface area contributed by atoms with E-state index in [-0.39, 0.29) is 36.1 Å². The molecule has 1 unspecified atom stereocenters. The van der Waals surface area contributed by atoms with Gasteiger partial charge in [0.05, 0.1) is 31.8 Å². The second-order valence-corrected chi connectivity index (χ2v) is 10.3. The van der Waals surface area contributed by atoms with Crippen LogP contribution in [-0.2, 0) is 15.1 Å². The van der Waals surface area contributed by atoms with Crippen molar-refractivity contribution >= 4 is 11.7 Å². The fraction of sp³-hybridized carbons (Fsp3) is 0.344. The van der Waals surface area contributed by atoms with Gasteiger partial charge in [-0.1, -0.05) is 18.6 Å². The van der Waals surface area contributed by atoms with Crippen molar-refractivity contribution in [2.75, 3.05) is 25.1 Å². The number of hydrogen-bond donors (Lipinski definition) is 0. The number of methoxy groups -OCH3 is 1. The van der Waals surface area contributed by atoms with Crippen LogP contribution >= 0.6 is 0 Å². The molecule has 0 spiro atoms. The van der Waals surface area contributed by atoms with Crippen molar-refractivity contribution in [1.82, 2.24) is 0 Å². The zero-order valence-electron chi connectivity index (χ0n) is 21.8. The topological polar surface area (TPSA) is 66.9 Å². The predicted octanol–water partition coefficient (Wildman–Crippen LogP) is 6.11. The van der Waals surface area contributed by atoms with Gasteiger partial charge in [-0.15, -0.1) is 0 Å². The molecule has 1 aliphatic heterocycles. The summed E-state index contributed by atoms with van der Waals surface area (Å²) >= 11 is 0. The molecule has 7 heteroatoms. The summed E-state index contributed by atoms with van der Waals surface area (Å²) in [4.78, 5) is 18.6. The van der Waals surface area contributed by atoms with E-state index < -0.39 is 5.54 Å². The number of hydrogen-bond acceptors (Lipinski definition) is 5. The fourth-order valence-corrected chi connectivity index (χ4v) is 6.11. The van der Waals surface area contributed by atoms with Crippen molar-refractivity contribution in [1.29, 1.82) is 5.26 Å². The highest BCUT2D eigenvalue weighted by atomic mass is 19.1. The minimum atomic E-state index is -1.13. The van der Waals surface area contributed by atoms with E-state index in [4.69, 9.17) is 21.3 Å².